The van der Waals surface area contributed by atoms with Crippen molar-refractivity contribution in [1.82, 2.24) is 0 Å². The molecule has 0 bridgehead atoms. The fourth-order valence-electron chi connectivity index (χ4n) is 4.29. The Hall–Kier alpha value is -0.860. The van der Waals surface area contributed by atoms with Crippen LogP contribution in [0.3, 0.4) is 0 Å². The van der Waals surface area contributed by atoms with Crippen LogP contribution in [0.1, 0.15) is 81.3 Å². The first kappa shape index (κ1) is 17.0. The highest BCUT2D eigenvalue weighted by atomic mass is 16.5. The van der Waals surface area contributed by atoms with Crippen molar-refractivity contribution < 1.29 is 9.47 Å². The summed E-state index contributed by atoms with van der Waals surface area (Å²) in [6, 6.07) is 9.44. The zero-order valence-corrected chi connectivity index (χ0v) is 14.8. The van der Waals surface area contributed by atoms with Gasteiger partial charge in [-0.1, -0.05) is 37.6 Å². The van der Waals surface area contributed by atoms with Crippen LogP contribution in [0.15, 0.2) is 24.3 Å². The van der Waals surface area contributed by atoms with Crippen molar-refractivity contribution in [3.05, 3.63) is 35.4 Å². The van der Waals surface area contributed by atoms with Crippen LogP contribution in [-0.2, 0) is 9.47 Å². The van der Waals surface area contributed by atoms with E-state index in [1.807, 2.05) is 7.11 Å². The second-order valence-corrected chi connectivity index (χ2v) is 7.39. The molecule has 1 heterocycles. The summed E-state index contributed by atoms with van der Waals surface area (Å²) in [5.41, 5.74) is 2.98. The predicted molar refractivity (Wildman–Crippen MR) is 95.1 cm³/mol. The first-order valence-corrected chi connectivity index (χ1v) is 9.54. The minimum atomic E-state index is 0.487. The summed E-state index contributed by atoms with van der Waals surface area (Å²) in [6.07, 6.45) is 10.9. The smallest absolute Gasteiger partial charge is 0.0575 e. The molecular formula is C21H32O2. The van der Waals surface area contributed by atoms with Gasteiger partial charge in [0.05, 0.1) is 18.8 Å². The molecule has 0 amide bonds. The molecule has 23 heavy (non-hydrogen) atoms. The highest BCUT2D eigenvalue weighted by Gasteiger charge is 2.24. The normalized spacial score (nSPS) is 31.9. The van der Waals surface area contributed by atoms with Crippen LogP contribution in [-0.4, -0.2) is 25.9 Å². The van der Waals surface area contributed by atoms with Gasteiger partial charge in [-0.05, 0) is 62.0 Å². The number of hydrogen-bond donors (Lipinski definition) is 0. The molecule has 0 spiro atoms. The lowest BCUT2D eigenvalue weighted by atomic mass is 9.81. The van der Waals surface area contributed by atoms with E-state index in [1.165, 1.54) is 62.5 Å². The summed E-state index contributed by atoms with van der Waals surface area (Å²) in [7, 11) is 1.84. The van der Waals surface area contributed by atoms with E-state index in [9.17, 15) is 0 Å². The number of methoxy groups -OCH3 is 1. The van der Waals surface area contributed by atoms with Crippen LogP contribution in [0.5, 0.6) is 0 Å². The zero-order chi connectivity index (χ0) is 16.1. The molecule has 2 aliphatic rings. The molecule has 0 N–H and O–H groups in total. The van der Waals surface area contributed by atoms with Gasteiger partial charge < -0.3 is 9.47 Å². The van der Waals surface area contributed by atoms with Crippen LogP contribution in [0.2, 0.25) is 0 Å². The van der Waals surface area contributed by atoms with E-state index in [4.69, 9.17) is 9.47 Å². The third kappa shape index (κ3) is 4.36. The Morgan fingerprint density at radius 1 is 0.913 bits per heavy atom. The van der Waals surface area contributed by atoms with E-state index in [-0.39, 0.29) is 0 Å². The molecule has 0 radical (unpaired) electrons. The van der Waals surface area contributed by atoms with Crippen molar-refractivity contribution in [3.8, 4) is 0 Å². The molecule has 2 atom stereocenters. The summed E-state index contributed by atoms with van der Waals surface area (Å²) in [5.74, 6) is 1.33. The second kappa shape index (κ2) is 8.30. The Kier molecular flexibility index (Phi) is 6.13. The minimum Gasteiger partial charge on any atom is -0.381 e. The van der Waals surface area contributed by atoms with Crippen molar-refractivity contribution in [1.29, 1.82) is 0 Å². The van der Waals surface area contributed by atoms with E-state index in [0.29, 0.717) is 18.1 Å². The molecule has 3 rings (SSSR count). The van der Waals surface area contributed by atoms with Crippen LogP contribution >= 0.6 is 0 Å². The highest BCUT2D eigenvalue weighted by Crippen LogP contribution is 2.35. The average molecular weight is 316 g/mol. The molecule has 1 saturated heterocycles. The second-order valence-electron chi connectivity index (χ2n) is 7.39. The lowest BCUT2D eigenvalue weighted by Gasteiger charge is -2.30. The molecule has 0 aromatic heterocycles. The van der Waals surface area contributed by atoms with Crippen LogP contribution < -0.4 is 0 Å². The van der Waals surface area contributed by atoms with Gasteiger partial charge in [-0.3, -0.25) is 0 Å². The first-order chi connectivity index (χ1) is 11.3. The average Bonchev–Trinajstić information content (AvgIpc) is 2.63. The van der Waals surface area contributed by atoms with E-state index in [1.54, 1.807) is 0 Å². The number of rotatable bonds is 5. The quantitative estimate of drug-likeness (QED) is 0.722. The third-order valence-corrected chi connectivity index (χ3v) is 5.87. The van der Waals surface area contributed by atoms with Gasteiger partial charge in [-0.2, -0.15) is 0 Å². The molecule has 2 unspecified atom stereocenters. The number of hydrogen-bond acceptors (Lipinski definition) is 2. The topological polar surface area (TPSA) is 18.5 Å². The van der Waals surface area contributed by atoms with Gasteiger partial charge >= 0.3 is 0 Å². The Morgan fingerprint density at radius 3 is 2.04 bits per heavy atom. The molecule has 128 valence electrons. The van der Waals surface area contributed by atoms with Gasteiger partial charge in [0.2, 0.25) is 0 Å². The molecule has 2 heteroatoms. The van der Waals surface area contributed by atoms with E-state index in [0.717, 1.165) is 12.5 Å². The maximum atomic E-state index is 6.04. The first-order valence-electron chi connectivity index (χ1n) is 9.54. The summed E-state index contributed by atoms with van der Waals surface area (Å²) >= 11 is 0. The van der Waals surface area contributed by atoms with Gasteiger partial charge in [-0.15, -0.1) is 0 Å². The van der Waals surface area contributed by atoms with Gasteiger partial charge in [0.15, 0.2) is 0 Å². The summed E-state index contributed by atoms with van der Waals surface area (Å²) in [4.78, 5) is 0. The molecule has 1 aromatic rings. The molecule has 1 aliphatic carbocycles. The van der Waals surface area contributed by atoms with E-state index < -0.39 is 0 Å². The van der Waals surface area contributed by atoms with Gasteiger partial charge in [0.25, 0.3) is 0 Å². The Labute approximate surface area is 141 Å². The Bertz CT molecular complexity index is 451. The van der Waals surface area contributed by atoms with Crippen molar-refractivity contribution in [2.24, 2.45) is 0 Å². The van der Waals surface area contributed by atoms with Crippen molar-refractivity contribution in [2.45, 2.75) is 82.3 Å². The SMILES string of the molecule is CCCC1CCC(c2ccc(C3CCC(OC)CC3)cc2)CO1. The summed E-state index contributed by atoms with van der Waals surface area (Å²) in [6.45, 7) is 3.15. The molecule has 1 saturated carbocycles. The van der Waals surface area contributed by atoms with Gasteiger partial charge in [0.1, 0.15) is 0 Å². The van der Waals surface area contributed by atoms with Crippen LogP contribution in [0, 0.1) is 0 Å². The van der Waals surface area contributed by atoms with Crippen molar-refractivity contribution >= 4 is 0 Å². The van der Waals surface area contributed by atoms with Gasteiger partial charge in [0, 0.05) is 13.0 Å². The number of ether oxygens (including phenoxy) is 2. The molecule has 1 aliphatic heterocycles. The zero-order valence-electron chi connectivity index (χ0n) is 14.8. The van der Waals surface area contributed by atoms with Crippen LogP contribution in [0.25, 0.3) is 0 Å². The lowest BCUT2D eigenvalue weighted by molar-refractivity contribution is -0.00112. The van der Waals surface area contributed by atoms with Crippen LogP contribution in [0.4, 0.5) is 0 Å². The highest BCUT2D eigenvalue weighted by molar-refractivity contribution is 5.28. The van der Waals surface area contributed by atoms with Crippen molar-refractivity contribution in [3.63, 3.8) is 0 Å². The maximum Gasteiger partial charge on any atom is 0.0575 e. The Morgan fingerprint density at radius 2 is 1.52 bits per heavy atom. The maximum absolute atomic E-state index is 6.04. The van der Waals surface area contributed by atoms with Crippen molar-refractivity contribution in [2.75, 3.05) is 13.7 Å². The molecule has 1 aromatic carbocycles. The largest absolute Gasteiger partial charge is 0.381 e. The minimum absolute atomic E-state index is 0.487. The summed E-state index contributed by atoms with van der Waals surface area (Å²) < 4.78 is 11.5. The predicted octanol–water partition coefficient (Wildman–Crippen LogP) is 5.42. The van der Waals surface area contributed by atoms with Gasteiger partial charge in [-0.25, -0.2) is 0 Å². The van der Waals surface area contributed by atoms with E-state index in [2.05, 4.69) is 31.2 Å². The summed E-state index contributed by atoms with van der Waals surface area (Å²) in [5, 5.41) is 0. The fourth-order valence-corrected chi connectivity index (χ4v) is 4.29. The molecule has 2 fully saturated rings. The third-order valence-electron chi connectivity index (χ3n) is 5.87. The van der Waals surface area contributed by atoms with E-state index >= 15 is 0 Å². The Balaban J connectivity index is 1.53. The fraction of sp³-hybridized carbons (Fsp3) is 0.714. The standard InChI is InChI=1S/C21H32O2/c1-3-4-21-14-11-19(15-23-21)18-7-5-16(6-8-18)17-9-12-20(22-2)13-10-17/h5-8,17,19-21H,3-4,9-15H2,1-2H3. The monoisotopic (exact) mass is 316 g/mol. The number of benzene rings is 1. The lowest BCUT2D eigenvalue weighted by Crippen LogP contribution is -2.24. The molecule has 2 nitrogen and oxygen atoms in total. The molecular weight excluding hydrogens is 284 g/mol.